The Labute approximate surface area is 160 Å². The second-order valence-electron chi connectivity index (χ2n) is 5.23. The summed E-state index contributed by atoms with van der Waals surface area (Å²) in [6.45, 7) is 0. The van der Waals surface area contributed by atoms with E-state index in [4.69, 9.17) is 5.48 Å². The molecule has 4 aromatic rings. The van der Waals surface area contributed by atoms with Gasteiger partial charge in [-0.1, -0.05) is 88.7 Å². The monoisotopic (exact) mass is 391 g/mol. The lowest BCUT2D eigenvalue weighted by atomic mass is 10.1. The third-order valence-corrected chi connectivity index (χ3v) is 3.91. The highest BCUT2D eigenvalue weighted by Gasteiger charge is 2.11. The molecular weight excluding hydrogens is 374 g/mol. The van der Waals surface area contributed by atoms with Gasteiger partial charge in [0.25, 0.3) is 0 Å². The third kappa shape index (κ3) is 3.49. The van der Waals surface area contributed by atoms with Crippen LogP contribution in [-0.4, -0.2) is 15.0 Å². The van der Waals surface area contributed by atoms with E-state index in [1.54, 1.807) is 0 Å². The van der Waals surface area contributed by atoms with E-state index in [1.165, 1.54) is 0 Å². The van der Waals surface area contributed by atoms with E-state index in [-0.39, 0.29) is 40.0 Å². The normalized spacial score (nSPS) is 12.8. The molecule has 0 aliphatic heterocycles. The average molecular weight is 392 g/mol. The lowest BCUT2D eigenvalue weighted by Crippen LogP contribution is -2.00. The summed E-state index contributed by atoms with van der Waals surface area (Å²) in [5.74, 6) is 0.943. The van der Waals surface area contributed by atoms with Gasteiger partial charge >= 0.3 is 0 Å². The highest BCUT2D eigenvalue weighted by Crippen LogP contribution is 2.25. The van der Waals surface area contributed by atoms with E-state index in [2.05, 4.69) is 30.9 Å². The van der Waals surface area contributed by atoms with Gasteiger partial charge in [-0.2, -0.15) is 0 Å². The molecular formula is C21H14BrN3. The fraction of sp³-hybridized carbons (Fsp3) is 0. The Morgan fingerprint density at radius 1 is 0.640 bits per heavy atom. The van der Waals surface area contributed by atoms with Gasteiger partial charge in [0, 0.05) is 21.2 Å². The molecule has 0 bridgehead atoms. The summed E-state index contributed by atoms with van der Waals surface area (Å²) in [4.78, 5) is 13.6. The van der Waals surface area contributed by atoms with Gasteiger partial charge in [0.05, 0.1) is 5.48 Å². The summed E-state index contributed by atoms with van der Waals surface area (Å²) in [5, 5.41) is 0. The number of aromatic nitrogens is 3. The van der Waals surface area contributed by atoms with Crippen LogP contribution in [0.2, 0.25) is 0 Å². The zero-order chi connectivity index (χ0) is 20.5. The third-order valence-electron chi connectivity index (χ3n) is 3.52. The number of hydrogen-bond acceptors (Lipinski definition) is 3. The molecule has 0 spiro atoms. The Morgan fingerprint density at radius 2 is 1.12 bits per heavy atom. The van der Waals surface area contributed by atoms with Gasteiger partial charge < -0.3 is 0 Å². The van der Waals surface area contributed by atoms with Crippen molar-refractivity contribution in [2.45, 2.75) is 0 Å². The number of benzene rings is 3. The molecule has 0 fully saturated rings. The van der Waals surface area contributed by atoms with Crippen molar-refractivity contribution < 1.29 is 5.48 Å². The molecule has 1 heterocycles. The van der Waals surface area contributed by atoms with Crippen molar-refractivity contribution in [2.24, 2.45) is 0 Å². The molecule has 3 nitrogen and oxygen atoms in total. The van der Waals surface area contributed by atoms with Crippen LogP contribution in [0.3, 0.4) is 0 Å². The van der Waals surface area contributed by atoms with Crippen molar-refractivity contribution in [3.8, 4) is 34.2 Å². The van der Waals surface area contributed by atoms with Crippen LogP contribution in [-0.2, 0) is 0 Å². The Hall–Kier alpha value is -2.85. The second-order valence-corrected chi connectivity index (χ2v) is 6.02. The van der Waals surface area contributed by atoms with Gasteiger partial charge in [-0.25, -0.2) is 15.0 Å². The molecule has 3 aromatic carbocycles. The highest BCUT2D eigenvalue weighted by molar-refractivity contribution is 9.10. The minimum absolute atomic E-state index is 0.0923. The van der Waals surface area contributed by atoms with Gasteiger partial charge in [0.15, 0.2) is 17.5 Å². The molecule has 1 aromatic heterocycles. The summed E-state index contributed by atoms with van der Waals surface area (Å²) in [6.07, 6.45) is 0. The second kappa shape index (κ2) is 6.95. The predicted octanol–water partition coefficient (Wildman–Crippen LogP) is 5.64. The van der Waals surface area contributed by atoms with E-state index in [9.17, 15) is 0 Å². The molecule has 120 valence electrons. The molecule has 0 saturated carbocycles. The van der Waals surface area contributed by atoms with E-state index < -0.39 is 0 Å². The first-order valence-electron chi connectivity index (χ1n) is 9.60. The van der Waals surface area contributed by atoms with E-state index in [0.29, 0.717) is 11.6 Å². The van der Waals surface area contributed by atoms with Crippen LogP contribution in [0.5, 0.6) is 0 Å². The number of hydrogen-bond donors (Lipinski definition) is 0. The molecule has 0 radical (unpaired) electrons. The van der Waals surface area contributed by atoms with Crippen molar-refractivity contribution in [2.75, 3.05) is 0 Å². The quantitative estimate of drug-likeness (QED) is 0.453. The summed E-state index contributed by atoms with van der Waals surface area (Å²) in [6, 6.07) is 17.9. The average Bonchev–Trinajstić information content (AvgIpc) is 2.77. The Morgan fingerprint density at radius 3 is 1.64 bits per heavy atom. The molecule has 4 rings (SSSR count). The SMILES string of the molecule is [2H]c1c([2H])c(Br)c([2H])c(-c2nc(-c3ccccc3)nc(-c3ccccc3)n2)c1[2H]. The predicted molar refractivity (Wildman–Crippen MR) is 104 cm³/mol. The summed E-state index contributed by atoms with van der Waals surface area (Å²) < 4.78 is 32.8. The molecule has 4 heteroatoms. The van der Waals surface area contributed by atoms with Crippen LogP contribution < -0.4 is 0 Å². The zero-order valence-electron chi connectivity index (χ0n) is 17.0. The number of rotatable bonds is 3. The summed E-state index contributed by atoms with van der Waals surface area (Å²) in [7, 11) is 0. The molecule has 0 aliphatic carbocycles. The maximum Gasteiger partial charge on any atom is 0.164 e. The maximum atomic E-state index is 8.39. The Kier molecular flexibility index (Phi) is 3.24. The van der Waals surface area contributed by atoms with Crippen LogP contribution in [0.25, 0.3) is 34.2 Å². The molecule has 0 N–H and O–H groups in total. The van der Waals surface area contributed by atoms with Gasteiger partial charge in [-0.05, 0) is 12.1 Å². The van der Waals surface area contributed by atoms with Crippen molar-refractivity contribution in [1.29, 1.82) is 0 Å². The molecule has 0 atom stereocenters. The minimum Gasteiger partial charge on any atom is -0.208 e. The minimum atomic E-state index is -0.286. The van der Waals surface area contributed by atoms with E-state index in [1.807, 2.05) is 60.7 Å². The van der Waals surface area contributed by atoms with Crippen LogP contribution in [0.1, 0.15) is 5.48 Å². The van der Waals surface area contributed by atoms with Crippen LogP contribution in [0.15, 0.2) is 89.3 Å². The fourth-order valence-corrected chi connectivity index (χ4v) is 2.65. The number of halogens is 1. The molecule has 25 heavy (non-hydrogen) atoms. The molecule has 0 amide bonds. The first-order valence-corrected chi connectivity index (χ1v) is 8.39. The zero-order valence-corrected chi connectivity index (χ0v) is 14.6. The topological polar surface area (TPSA) is 38.7 Å². The molecule has 0 saturated heterocycles. The largest absolute Gasteiger partial charge is 0.208 e. The van der Waals surface area contributed by atoms with Crippen LogP contribution in [0.4, 0.5) is 0 Å². The van der Waals surface area contributed by atoms with Crippen molar-refractivity contribution in [3.63, 3.8) is 0 Å². The first-order chi connectivity index (χ1) is 14.0. The lowest BCUT2D eigenvalue weighted by molar-refractivity contribution is 1.07. The van der Waals surface area contributed by atoms with Crippen LogP contribution >= 0.6 is 15.9 Å². The molecule has 0 unspecified atom stereocenters. The van der Waals surface area contributed by atoms with Gasteiger partial charge in [-0.15, -0.1) is 0 Å². The Balaban J connectivity index is 2.02. The van der Waals surface area contributed by atoms with Gasteiger partial charge in [0.2, 0.25) is 0 Å². The van der Waals surface area contributed by atoms with Crippen molar-refractivity contribution in [3.05, 3.63) is 89.3 Å². The fourth-order valence-electron chi connectivity index (χ4n) is 2.35. The van der Waals surface area contributed by atoms with Crippen molar-refractivity contribution in [1.82, 2.24) is 15.0 Å². The lowest BCUT2D eigenvalue weighted by Gasteiger charge is -2.08. The highest BCUT2D eigenvalue weighted by atomic mass is 79.9. The van der Waals surface area contributed by atoms with Crippen LogP contribution in [0, 0.1) is 0 Å². The first kappa shape index (κ1) is 11.7. The van der Waals surface area contributed by atoms with E-state index in [0.717, 1.165) is 11.1 Å². The van der Waals surface area contributed by atoms with Crippen molar-refractivity contribution >= 4 is 15.9 Å². The van der Waals surface area contributed by atoms with Gasteiger partial charge in [-0.3, -0.25) is 0 Å². The van der Waals surface area contributed by atoms with E-state index >= 15 is 0 Å². The molecule has 0 aliphatic rings. The standard InChI is InChI=1S/C21H14BrN3/c22-18-13-7-12-17(14-18)21-24-19(15-8-3-1-4-9-15)23-20(25-21)16-10-5-2-6-11-16/h1-14H/i7D,12D,13D,14D. The number of nitrogens with zero attached hydrogens (tertiary/aromatic N) is 3. The summed E-state index contributed by atoms with van der Waals surface area (Å²) in [5.41, 5.74) is 1.64. The Bertz CT molecular complexity index is 1110. The smallest absolute Gasteiger partial charge is 0.164 e. The maximum absolute atomic E-state index is 8.39. The van der Waals surface area contributed by atoms with Gasteiger partial charge in [0.1, 0.15) is 0 Å². The summed E-state index contributed by atoms with van der Waals surface area (Å²) >= 11 is 3.19.